The molecule has 2 aliphatic carbocycles. The lowest BCUT2D eigenvalue weighted by molar-refractivity contribution is -0.117. The van der Waals surface area contributed by atoms with Gasteiger partial charge in [-0.3, -0.25) is 9.59 Å². The maximum Gasteiger partial charge on any atom is 0.258 e. The molecule has 1 heterocycles. The number of hydrogen-bond acceptors (Lipinski definition) is 5. The summed E-state index contributed by atoms with van der Waals surface area (Å²) in [6.45, 7) is 6.17. The van der Waals surface area contributed by atoms with Crippen molar-refractivity contribution >= 4 is 17.5 Å². The van der Waals surface area contributed by atoms with Gasteiger partial charge in [0.15, 0.2) is 5.75 Å². The van der Waals surface area contributed by atoms with E-state index in [2.05, 4.69) is 24.2 Å². The molecular formula is C24H35N3O4. The van der Waals surface area contributed by atoms with Crippen molar-refractivity contribution in [1.29, 1.82) is 0 Å². The summed E-state index contributed by atoms with van der Waals surface area (Å²) in [6.07, 6.45) is 4.27. The zero-order chi connectivity index (χ0) is 22.1. The number of hydrogen-bond donors (Lipinski definition) is 2. The van der Waals surface area contributed by atoms with Crippen LogP contribution >= 0.6 is 0 Å². The highest BCUT2D eigenvalue weighted by Gasteiger charge is 2.36. The maximum atomic E-state index is 13.4. The Hall–Kier alpha value is -2.12. The van der Waals surface area contributed by atoms with Crippen molar-refractivity contribution in [2.75, 3.05) is 38.6 Å². The standard InChI is InChI=1S/C24H35N3O4/c1-15-11-27(16(2)14-28)24(30)19-5-4-6-20(25-23(29)18-9-10-18)22(19)31-21(15)13-26(3)12-17-7-8-17/h4-6,15-18,21,28H,7-14H2,1-3H3,(H,25,29)/t15-,16+,21-/m0/s1. The molecule has 1 aromatic carbocycles. The van der Waals surface area contributed by atoms with Crippen molar-refractivity contribution in [2.45, 2.75) is 51.7 Å². The summed E-state index contributed by atoms with van der Waals surface area (Å²) >= 11 is 0. The molecule has 170 valence electrons. The molecule has 0 spiro atoms. The largest absolute Gasteiger partial charge is 0.486 e. The Morgan fingerprint density at radius 3 is 2.68 bits per heavy atom. The number of likely N-dealkylation sites (N-methyl/N-ethyl adjacent to an activating group) is 1. The van der Waals surface area contributed by atoms with Crippen LogP contribution in [-0.2, 0) is 4.79 Å². The summed E-state index contributed by atoms with van der Waals surface area (Å²) < 4.78 is 6.52. The Labute approximate surface area is 184 Å². The Bertz CT molecular complexity index is 821. The molecule has 7 nitrogen and oxygen atoms in total. The predicted molar refractivity (Wildman–Crippen MR) is 119 cm³/mol. The van der Waals surface area contributed by atoms with Gasteiger partial charge in [-0.05, 0) is 57.7 Å². The molecule has 0 radical (unpaired) electrons. The number of rotatable bonds is 8. The van der Waals surface area contributed by atoms with Crippen LogP contribution < -0.4 is 10.1 Å². The first-order chi connectivity index (χ1) is 14.9. The van der Waals surface area contributed by atoms with Crippen molar-refractivity contribution in [3.8, 4) is 5.75 Å². The van der Waals surface area contributed by atoms with Gasteiger partial charge in [0.2, 0.25) is 5.91 Å². The zero-order valence-corrected chi connectivity index (χ0v) is 18.8. The monoisotopic (exact) mass is 429 g/mol. The first kappa shape index (κ1) is 22.1. The maximum absolute atomic E-state index is 13.4. The summed E-state index contributed by atoms with van der Waals surface area (Å²) in [5, 5.41) is 12.8. The van der Waals surface area contributed by atoms with E-state index in [1.54, 1.807) is 17.0 Å². The van der Waals surface area contributed by atoms with E-state index in [-0.39, 0.29) is 42.4 Å². The Morgan fingerprint density at radius 2 is 2.03 bits per heavy atom. The number of anilines is 1. The molecular weight excluding hydrogens is 394 g/mol. The van der Waals surface area contributed by atoms with E-state index in [1.807, 2.05) is 13.0 Å². The van der Waals surface area contributed by atoms with E-state index in [0.717, 1.165) is 31.8 Å². The van der Waals surface area contributed by atoms with Crippen LogP contribution in [0.5, 0.6) is 5.75 Å². The fraction of sp³-hybridized carbons (Fsp3) is 0.667. The molecule has 2 N–H and O–H groups in total. The SMILES string of the molecule is C[C@H](CO)N1C[C@H](C)[C@H](CN(C)CC2CC2)Oc2c(NC(=O)C3CC3)cccc2C1=O. The summed E-state index contributed by atoms with van der Waals surface area (Å²) in [5.74, 6) is 1.18. The van der Waals surface area contributed by atoms with E-state index >= 15 is 0 Å². The van der Waals surface area contributed by atoms with Gasteiger partial charge in [0.25, 0.3) is 5.91 Å². The van der Waals surface area contributed by atoms with Gasteiger partial charge >= 0.3 is 0 Å². The van der Waals surface area contributed by atoms with Crippen LogP contribution in [0.4, 0.5) is 5.69 Å². The lowest BCUT2D eigenvalue weighted by Crippen LogP contribution is -2.50. The average molecular weight is 430 g/mol. The molecule has 4 rings (SSSR count). The van der Waals surface area contributed by atoms with Crippen LogP contribution in [0.1, 0.15) is 49.9 Å². The molecule has 0 unspecified atom stereocenters. The number of benzene rings is 1. The number of fused-ring (bicyclic) bond motifs is 1. The normalized spacial score (nSPS) is 24.8. The van der Waals surface area contributed by atoms with Gasteiger partial charge in [0, 0.05) is 31.5 Å². The molecule has 1 aromatic rings. The van der Waals surface area contributed by atoms with Gasteiger partial charge in [-0.15, -0.1) is 0 Å². The summed E-state index contributed by atoms with van der Waals surface area (Å²) in [6, 6.07) is 5.05. The molecule has 7 heteroatoms. The topological polar surface area (TPSA) is 82.1 Å². The second-order valence-electron chi connectivity index (χ2n) is 9.73. The van der Waals surface area contributed by atoms with E-state index in [4.69, 9.17) is 4.74 Å². The number of nitrogens with one attached hydrogen (secondary N) is 1. The summed E-state index contributed by atoms with van der Waals surface area (Å²) in [4.78, 5) is 29.9. The van der Waals surface area contributed by atoms with Crippen LogP contribution in [-0.4, -0.2) is 72.2 Å². The molecule has 0 aromatic heterocycles. The minimum Gasteiger partial charge on any atom is -0.486 e. The minimum atomic E-state index is -0.296. The lowest BCUT2D eigenvalue weighted by Gasteiger charge is -2.38. The van der Waals surface area contributed by atoms with Gasteiger partial charge in [-0.1, -0.05) is 13.0 Å². The van der Waals surface area contributed by atoms with Crippen LogP contribution in [0.15, 0.2) is 18.2 Å². The number of carbonyl (C=O) groups is 2. The molecule has 2 amide bonds. The van der Waals surface area contributed by atoms with Gasteiger partial charge in [-0.2, -0.15) is 0 Å². The molecule has 1 aliphatic heterocycles. The highest BCUT2D eigenvalue weighted by molar-refractivity contribution is 6.02. The number of ether oxygens (including phenoxy) is 1. The smallest absolute Gasteiger partial charge is 0.258 e. The Balaban J connectivity index is 1.66. The van der Waals surface area contributed by atoms with Crippen LogP contribution in [0.2, 0.25) is 0 Å². The van der Waals surface area contributed by atoms with Crippen LogP contribution in [0, 0.1) is 17.8 Å². The second kappa shape index (κ2) is 9.17. The van der Waals surface area contributed by atoms with Gasteiger partial charge in [-0.25, -0.2) is 0 Å². The van der Waals surface area contributed by atoms with Crippen molar-refractivity contribution in [2.24, 2.45) is 17.8 Å². The van der Waals surface area contributed by atoms with Crippen molar-refractivity contribution < 1.29 is 19.4 Å². The number of aliphatic hydroxyl groups excluding tert-OH is 1. The molecule has 2 fully saturated rings. The van der Waals surface area contributed by atoms with E-state index in [1.165, 1.54) is 12.8 Å². The fourth-order valence-corrected chi connectivity index (χ4v) is 4.26. The number of aliphatic hydroxyl groups is 1. The Kier molecular flexibility index (Phi) is 6.53. The molecule has 3 atom stereocenters. The predicted octanol–water partition coefficient (Wildman–Crippen LogP) is 2.60. The highest BCUT2D eigenvalue weighted by Crippen LogP contribution is 2.37. The zero-order valence-electron chi connectivity index (χ0n) is 18.8. The third-order valence-electron chi connectivity index (χ3n) is 6.66. The number of amides is 2. The first-order valence-electron chi connectivity index (χ1n) is 11.6. The molecule has 2 saturated carbocycles. The van der Waals surface area contributed by atoms with Gasteiger partial charge in [0.05, 0.1) is 23.9 Å². The van der Waals surface area contributed by atoms with Gasteiger partial charge < -0.3 is 25.0 Å². The highest BCUT2D eigenvalue weighted by atomic mass is 16.5. The molecule has 0 saturated heterocycles. The van der Waals surface area contributed by atoms with Crippen LogP contribution in [0.3, 0.4) is 0 Å². The van der Waals surface area contributed by atoms with Gasteiger partial charge in [0.1, 0.15) is 6.10 Å². The number of para-hydroxylation sites is 1. The third kappa shape index (κ3) is 5.21. The van der Waals surface area contributed by atoms with Crippen LogP contribution in [0.25, 0.3) is 0 Å². The fourth-order valence-electron chi connectivity index (χ4n) is 4.26. The minimum absolute atomic E-state index is 0.0115. The van der Waals surface area contributed by atoms with Crippen molar-refractivity contribution in [3.05, 3.63) is 23.8 Å². The number of carbonyl (C=O) groups excluding carboxylic acids is 2. The average Bonchev–Trinajstić information content (AvgIpc) is 3.64. The quantitative estimate of drug-likeness (QED) is 0.664. The van der Waals surface area contributed by atoms with E-state index in [0.29, 0.717) is 23.5 Å². The second-order valence-corrected chi connectivity index (χ2v) is 9.73. The third-order valence-corrected chi connectivity index (χ3v) is 6.66. The summed E-state index contributed by atoms with van der Waals surface area (Å²) in [7, 11) is 2.12. The van der Waals surface area contributed by atoms with Crippen molar-refractivity contribution in [3.63, 3.8) is 0 Å². The number of nitrogens with zero attached hydrogens (tertiary/aromatic N) is 2. The van der Waals surface area contributed by atoms with E-state index in [9.17, 15) is 14.7 Å². The van der Waals surface area contributed by atoms with E-state index < -0.39 is 0 Å². The lowest BCUT2D eigenvalue weighted by atomic mass is 9.99. The first-order valence-corrected chi connectivity index (χ1v) is 11.6. The summed E-state index contributed by atoms with van der Waals surface area (Å²) in [5.41, 5.74) is 0.999. The Morgan fingerprint density at radius 1 is 1.29 bits per heavy atom. The molecule has 3 aliphatic rings. The molecule has 31 heavy (non-hydrogen) atoms. The van der Waals surface area contributed by atoms with Crippen molar-refractivity contribution in [1.82, 2.24) is 9.80 Å². The molecule has 0 bridgehead atoms.